The molecule has 1 spiro atoms. The van der Waals surface area contributed by atoms with Crippen LogP contribution in [0.5, 0.6) is 0 Å². The standard InChI is InChI=1S/C13H22N4O4/c1-16-7-5-13(11(16)20)4-2-3-6-17(13)12(21)15-8-9(14)10(18)19/h9H,2-8,14H2,1H3,(H,15,21)(H,18,19)/t9-,13?/m0/s1. The minimum Gasteiger partial charge on any atom is -0.480 e. The van der Waals surface area contributed by atoms with Crippen LogP contribution in [0, 0.1) is 0 Å². The van der Waals surface area contributed by atoms with Crippen molar-refractivity contribution in [3.63, 3.8) is 0 Å². The number of carboxylic acid groups (broad SMARTS) is 1. The summed E-state index contributed by atoms with van der Waals surface area (Å²) >= 11 is 0. The molecule has 3 amide bonds. The maximum atomic E-state index is 12.4. The van der Waals surface area contributed by atoms with Gasteiger partial charge in [0.05, 0.1) is 0 Å². The topological polar surface area (TPSA) is 116 Å². The Labute approximate surface area is 123 Å². The second kappa shape index (κ2) is 5.88. The lowest BCUT2D eigenvalue weighted by Crippen LogP contribution is -2.61. The van der Waals surface area contributed by atoms with Crippen molar-refractivity contribution in [2.45, 2.75) is 37.3 Å². The van der Waals surface area contributed by atoms with Gasteiger partial charge in [0.2, 0.25) is 5.91 Å². The first-order valence-electron chi connectivity index (χ1n) is 7.18. The van der Waals surface area contributed by atoms with E-state index >= 15 is 0 Å². The first-order chi connectivity index (χ1) is 9.88. The van der Waals surface area contributed by atoms with Gasteiger partial charge in [-0.2, -0.15) is 0 Å². The number of carbonyl (C=O) groups is 3. The van der Waals surface area contributed by atoms with Crippen LogP contribution >= 0.6 is 0 Å². The molecule has 0 aromatic heterocycles. The predicted octanol–water partition coefficient (Wildman–Crippen LogP) is -0.805. The van der Waals surface area contributed by atoms with Gasteiger partial charge in [0, 0.05) is 26.7 Å². The van der Waals surface area contributed by atoms with Gasteiger partial charge in [-0.3, -0.25) is 9.59 Å². The van der Waals surface area contributed by atoms with Crippen LogP contribution in [0.3, 0.4) is 0 Å². The van der Waals surface area contributed by atoms with Gasteiger partial charge in [0.25, 0.3) is 0 Å². The molecule has 8 heteroatoms. The molecular weight excluding hydrogens is 276 g/mol. The Hall–Kier alpha value is -1.83. The van der Waals surface area contributed by atoms with Gasteiger partial charge in [0.1, 0.15) is 11.6 Å². The van der Waals surface area contributed by atoms with Crippen LogP contribution in [-0.4, -0.2) is 71.1 Å². The fourth-order valence-electron chi connectivity index (χ4n) is 3.11. The number of nitrogens with two attached hydrogens (primary N) is 1. The molecule has 1 unspecified atom stereocenters. The number of hydrogen-bond acceptors (Lipinski definition) is 4. The van der Waals surface area contributed by atoms with Crippen molar-refractivity contribution in [2.24, 2.45) is 5.73 Å². The van der Waals surface area contributed by atoms with Gasteiger partial charge in [-0.1, -0.05) is 0 Å². The molecule has 0 aromatic carbocycles. The molecule has 118 valence electrons. The molecule has 0 radical (unpaired) electrons. The molecule has 2 aliphatic heterocycles. The molecule has 21 heavy (non-hydrogen) atoms. The molecule has 2 rings (SSSR count). The number of urea groups is 1. The highest BCUT2D eigenvalue weighted by molar-refractivity contribution is 5.93. The van der Waals surface area contributed by atoms with E-state index in [9.17, 15) is 14.4 Å². The average Bonchev–Trinajstić information content (AvgIpc) is 2.74. The van der Waals surface area contributed by atoms with E-state index in [2.05, 4.69) is 5.32 Å². The smallest absolute Gasteiger partial charge is 0.322 e. The Morgan fingerprint density at radius 1 is 1.38 bits per heavy atom. The van der Waals surface area contributed by atoms with Gasteiger partial charge < -0.3 is 26.0 Å². The highest BCUT2D eigenvalue weighted by Gasteiger charge is 2.52. The van der Waals surface area contributed by atoms with Crippen LogP contribution < -0.4 is 11.1 Å². The number of amides is 3. The van der Waals surface area contributed by atoms with Crippen molar-refractivity contribution in [1.29, 1.82) is 0 Å². The number of aliphatic carboxylic acids is 1. The van der Waals surface area contributed by atoms with Crippen LogP contribution in [0.1, 0.15) is 25.7 Å². The number of nitrogens with one attached hydrogen (secondary N) is 1. The molecule has 2 aliphatic rings. The quantitative estimate of drug-likeness (QED) is 0.630. The van der Waals surface area contributed by atoms with E-state index < -0.39 is 23.6 Å². The van der Waals surface area contributed by atoms with Crippen molar-refractivity contribution < 1.29 is 19.5 Å². The van der Waals surface area contributed by atoms with E-state index in [1.807, 2.05) is 0 Å². The molecule has 2 heterocycles. The number of likely N-dealkylation sites (tertiary alicyclic amines) is 2. The van der Waals surface area contributed by atoms with Crippen LogP contribution in [0.4, 0.5) is 4.79 Å². The summed E-state index contributed by atoms with van der Waals surface area (Å²) in [5, 5.41) is 11.3. The van der Waals surface area contributed by atoms with Crippen molar-refractivity contribution >= 4 is 17.9 Å². The van der Waals surface area contributed by atoms with Gasteiger partial charge >= 0.3 is 12.0 Å². The van der Waals surface area contributed by atoms with E-state index in [-0.39, 0.29) is 12.5 Å². The van der Waals surface area contributed by atoms with Gasteiger partial charge in [0.15, 0.2) is 0 Å². The summed E-state index contributed by atoms with van der Waals surface area (Å²) in [6.45, 7) is 0.996. The van der Waals surface area contributed by atoms with E-state index in [0.29, 0.717) is 25.9 Å². The monoisotopic (exact) mass is 298 g/mol. The molecular formula is C13H22N4O4. The Morgan fingerprint density at radius 2 is 2.10 bits per heavy atom. The predicted molar refractivity (Wildman–Crippen MR) is 74.6 cm³/mol. The molecule has 0 saturated carbocycles. The first-order valence-corrected chi connectivity index (χ1v) is 7.18. The minimum atomic E-state index is -1.17. The summed E-state index contributed by atoms with van der Waals surface area (Å²) in [4.78, 5) is 38.7. The molecule has 0 aliphatic carbocycles. The average molecular weight is 298 g/mol. The Bertz CT molecular complexity index is 451. The van der Waals surface area contributed by atoms with E-state index in [1.54, 1.807) is 16.8 Å². The normalized spacial score (nSPS) is 27.0. The van der Waals surface area contributed by atoms with Crippen LogP contribution in [0.15, 0.2) is 0 Å². The Balaban J connectivity index is 2.07. The molecule has 2 fully saturated rings. The number of carbonyl (C=O) groups excluding carboxylic acids is 2. The van der Waals surface area contributed by atoms with Crippen molar-refractivity contribution in [2.75, 3.05) is 26.7 Å². The second-order valence-electron chi connectivity index (χ2n) is 5.75. The third-order valence-corrected chi connectivity index (χ3v) is 4.38. The highest BCUT2D eigenvalue weighted by atomic mass is 16.4. The van der Waals surface area contributed by atoms with Crippen molar-refractivity contribution in [3.8, 4) is 0 Å². The maximum Gasteiger partial charge on any atom is 0.322 e. The number of carboxylic acids is 1. The molecule has 0 aromatic rings. The zero-order valence-electron chi connectivity index (χ0n) is 12.2. The lowest BCUT2D eigenvalue weighted by Gasteiger charge is -2.43. The zero-order chi connectivity index (χ0) is 15.6. The number of likely N-dealkylation sites (N-methyl/N-ethyl adjacent to an activating group) is 1. The van der Waals surface area contributed by atoms with E-state index in [1.165, 1.54) is 0 Å². The van der Waals surface area contributed by atoms with Crippen LogP contribution in [0.25, 0.3) is 0 Å². The van der Waals surface area contributed by atoms with Crippen LogP contribution in [0.2, 0.25) is 0 Å². The third-order valence-electron chi connectivity index (χ3n) is 4.38. The molecule has 4 N–H and O–H groups in total. The van der Waals surface area contributed by atoms with Gasteiger partial charge in [-0.25, -0.2) is 4.79 Å². The summed E-state index contributed by atoms with van der Waals surface area (Å²) in [5.74, 6) is -1.19. The molecule has 2 saturated heterocycles. The minimum absolute atomic E-state index is 0.0279. The van der Waals surface area contributed by atoms with Crippen LogP contribution in [-0.2, 0) is 9.59 Å². The Morgan fingerprint density at radius 3 is 2.67 bits per heavy atom. The summed E-state index contributed by atoms with van der Waals surface area (Å²) in [5.41, 5.74) is 4.62. The lowest BCUT2D eigenvalue weighted by molar-refractivity contribution is -0.139. The number of hydrogen-bond donors (Lipinski definition) is 3. The molecule has 0 bridgehead atoms. The molecule has 8 nitrogen and oxygen atoms in total. The third kappa shape index (κ3) is 2.80. The Kier molecular flexibility index (Phi) is 4.36. The largest absolute Gasteiger partial charge is 0.480 e. The fraction of sp³-hybridized carbons (Fsp3) is 0.769. The summed E-state index contributed by atoms with van der Waals surface area (Å²) in [7, 11) is 1.74. The van der Waals surface area contributed by atoms with E-state index in [4.69, 9.17) is 10.8 Å². The van der Waals surface area contributed by atoms with Gasteiger partial charge in [-0.15, -0.1) is 0 Å². The van der Waals surface area contributed by atoms with Crippen molar-refractivity contribution in [3.05, 3.63) is 0 Å². The lowest BCUT2D eigenvalue weighted by atomic mass is 9.85. The molecule has 2 atom stereocenters. The fourth-order valence-corrected chi connectivity index (χ4v) is 3.11. The summed E-state index contributed by atoms with van der Waals surface area (Å²) in [6, 6.07) is -1.55. The van der Waals surface area contributed by atoms with Crippen molar-refractivity contribution in [1.82, 2.24) is 15.1 Å². The number of piperidine rings is 1. The van der Waals surface area contributed by atoms with Gasteiger partial charge in [-0.05, 0) is 25.7 Å². The second-order valence-corrected chi connectivity index (χ2v) is 5.75. The first kappa shape index (κ1) is 15.6. The maximum absolute atomic E-state index is 12.4. The SMILES string of the molecule is CN1CCC2(CCCCN2C(=O)NC[C@H](N)C(=O)O)C1=O. The number of nitrogens with zero attached hydrogens (tertiary/aromatic N) is 2. The highest BCUT2D eigenvalue weighted by Crippen LogP contribution is 2.37. The summed E-state index contributed by atoms with van der Waals surface area (Å²) < 4.78 is 0. The number of rotatable bonds is 3. The van der Waals surface area contributed by atoms with E-state index in [0.717, 1.165) is 12.8 Å². The summed E-state index contributed by atoms with van der Waals surface area (Å²) in [6.07, 6.45) is 3.05. The zero-order valence-corrected chi connectivity index (χ0v) is 12.2.